The van der Waals surface area contributed by atoms with Crippen LogP contribution in [-0.4, -0.2) is 33.7 Å². The summed E-state index contributed by atoms with van der Waals surface area (Å²) in [4.78, 5) is 0.0781. The van der Waals surface area contributed by atoms with Crippen LogP contribution in [0.3, 0.4) is 0 Å². The van der Waals surface area contributed by atoms with Crippen molar-refractivity contribution in [1.29, 1.82) is 0 Å². The van der Waals surface area contributed by atoms with E-state index in [1.807, 2.05) is 0 Å². The van der Waals surface area contributed by atoms with Gasteiger partial charge in [-0.3, -0.25) is 0 Å². The average Bonchev–Trinajstić information content (AvgIpc) is 2.78. The molecule has 0 aliphatic carbocycles. The van der Waals surface area contributed by atoms with Gasteiger partial charge in [-0.05, 0) is 37.8 Å². The molecule has 2 aliphatic rings. The van der Waals surface area contributed by atoms with Gasteiger partial charge in [-0.15, -0.1) is 12.4 Å². The average molecular weight is 367 g/mol. The van der Waals surface area contributed by atoms with E-state index >= 15 is 0 Å². The summed E-state index contributed by atoms with van der Waals surface area (Å²) in [5.74, 6) is 0.477. The number of ether oxygens (including phenoxy) is 1. The molecule has 0 amide bonds. The molecule has 2 saturated heterocycles. The van der Waals surface area contributed by atoms with Gasteiger partial charge in [-0.25, -0.2) is 13.1 Å². The molecule has 1 aromatic carbocycles. The van der Waals surface area contributed by atoms with E-state index in [-0.39, 0.29) is 28.4 Å². The molecule has 0 saturated carbocycles. The van der Waals surface area contributed by atoms with Gasteiger partial charge >= 0.3 is 0 Å². The van der Waals surface area contributed by atoms with Crippen LogP contribution in [-0.2, 0) is 10.0 Å². The van der Waals surface area contributed by atoms with Crippen molar-refractivity contribution in [2.24, 2.45) is 0 Å². The molecule has 2 fully saturated rings. The van der Waals surface area contributed by atoms with Crippen LogP contribution in [0.15, 0.2) is 23.1 Å². The number of halogens is 2. The number of sulfonamides is 1. The van der Waals surface area contributed by atoms with Crippen LogP contribution in [0.4, 0.5) is 0 Å². The lowest BCUT2D eigenvalue weighted by Crippen LogP contribution is -2.47. The van der Waals surface area contributed by atoms with E-state index in [4.69, 9.17) is 16.3 Å². The Morgan fingerprint density at radius 1 is 1.27 bits per heavy atom. The lowest BCUT2D eigenvalue weighted by molar-refractivity contribution is 0.345. The number of piperidine rings is 1. The third-order valence-electron chi connectivity index (χ3n) is 4.22. The zero-order valence-corrected chi connectivity index (χ0v) is 14.6. The third-order valence-corrected chi connectivity index (χ3v) is 6.22. The van der Waals surface area contributed by atoms with Gasteiger partial charge in [0.25, 0.3) is 0 Å². The summed E-state index contributed by atoms with van der Waals surface area (Å²) in [6.07, 6.45) is 3.92. The van der Waals surface area contributed by atoms with Gasteiger partial charge in [0, 0.05) is 24.2 Å². The van der Waals surface area contributed by atoms with Crippen molar-refractivity contribution in [3.05, 3.63) is 23.2 Å². The van der Waals surface area contributed by atoms with Crippen molar-refractivity contribution in [2.45, 2.75) is 48.7 Å². The first-order valence-electron chi connectivity index (χ1n) is 7.10. The lowest BCUT2D eigenvalue weighted by atomic mass is 10.0. The molecule has 2 atom stereocenters. The highest BCUT2D eigenvalue weighted by Gasteiger charge is 2.35. The summed E-state index contributed by atoms with van der Waals surface area (Å²) in [7, 11) is -2.13. The van der Waals surface area contributed by atoms with E-state index < -0.39 is 10.0 Å². The van der Waals surface area contributed by atoms with Gasteiger partial charge < -0.3 is 10.1 Å². The van der Waals surface area contributed by atoms with Crippen LogP contribution in [0.1, 0.15) is 25.7 Å². The van der Waals surface area contributed by atoms with Crippen LogP contribution >= 0.6 is 24.0 Å². The fourth-order valence-electron chi connectivity index (χ4n) is 3.25. The van der Waals surface area contributed by atoms with Gasteiger partial charge in [0.15, 0.2) is 0 Å². The van der Waals surface area contributed by atoms with Gasteiger partial charge in [0.05, 0.1) is 12.1 Å². The highest BCUT2D eigenvalue weighted by molar-refractivity contribution is 7.89. The lowest BCUT2D eigenvalue weighted by Gasteiger charge is -2.29. The van der Waals surface area contributed by atoms with E-state index in [1.54, 1.807) is 12.1 Å². The van der Waals surface area contributed by atoms with Gasteiger partial charge in [0.1, 0.15) is 10.6 Å². The molecule has 2 aliphatic heterocycles. The van der Waals surface area contributed by atoms with Crippen molar-refractivity contribution < 1.29 is 13.2 Å². The van der Waals surface area contributed by atoms with Crippen LogP contribution < -0.4 is 14.8 Å². The highest BCUT2D eigenvalue weighted by atomic mass is 35.5. The van der Waals surface area contributed by atoms with Crippen molar-refractivity contribution >= 4 is 34.0 Å². The molecule has 0 spiro atoms. The SMILES string of the molecule is COc1ccc(Cl)c(S(=O)(=O)NC2CC3CCC(C2)N3)c1.Cl. The normalized spacial score (nSPS) is 27.3. The van der Waals surface area contributed by atoms with E-state index in [0.717, 1.165) is 25.7 Å². The first-order valence-corrected chi connectivity index (χ1v) is 8.96. The first kappa shape index (κ1) is 17.8. The molecule has 1 aromatic rings. The molecule has 22 heavy (non-hydrogen) atoms. The predicted octanol–water partition coefficient (Wildman–Crippen LogP) is 2.33. The molecule has 2 bridgehead atoms. The Kier molecular flexibility index (Phi) is 5.61. The molecular formula is C14H20Cl2N2O3S. The molecule has 0 radical (unpaired) electrons. The minimum atomic E-state index is -3.63. The minimum Gasteiger partial charge on any atom is -0.497 e. The number of fused-ring (bicyclic) bond motifs is 2. The molecule has 2 heterocycles. The summed E-state index contributed by atoms with van der Waals surface area (Å²) in [6, 6.07) is 5.47. The van der Waals surface area contributed by atoms with Crippen LogP contribution in [0.25, 0.3) is 0 Å². The maximum atomic E-state index is 12.6. The smallest absolute Gasteiger partial charge is 0.242 e. The Bertz CT molecular complexity index is 627. The zero-order valence-electron chi connectivity index (χ0n) is 12.2. The minimum absolute atomic E-state index is 0. The maximum Gasteiger partial charge on any atom is 0.242 e. The number of hydrogen-bond acceptors (Lipinski definition) is 4. The molecule has 5 nitrogen and oxygen atoms in total. The standard InChI is InChI=1S/C14H19ClN2O3S.ClH/c1-20-12-4-5-13(15)14(8-12)21(18,19)17-11-6-9-2-3-10(7-11)16-9;/h4-5,8-11,16-17H,2-3,6-7H2,1H3;1H. The first-order chi connectivity index (χ1) is 9.98. The van der Waals surface area contributed by atoms with Crippen molar-refractivity contribution in [1.82, 2.24) is 10.0 Å². The molecule has 8 heteroatoms. The Hall–Kier alpha value is -0.530. The Labute approximate surface area is 142 Å². The zero-order chi connectivity index (χ0) is 15.0. The molecular weight excluding hydrogens is 347 g/mol. The van der Waals surface area contributed by atoms with Gasteiger partial charge in [-0.1, -0.05) is 11.6 Å². The Balaban J connectivity index is 0.00000176. The van der Waals surface area contributed by atoms with E-state index in [2.05, 4.69) is 10.0 Å². The van der Waals surface area contributed by atoms with Crippen LogP contribution in [0.5, 0.6) is 5.75 Å². The number of rotatable bonds is 4. The fraction of sp³-hybridized carbons (Fsp3) is 0.571. The van der Waals surface area contributed by atoms with E-state index in [1.165, 1.54) is 13.2 Å². The number of methoxy groups -OCH3 is 1. The largest absolute Gasteiger partial charge is 0.497 e. The second kappa shape index (κ2) is 6.93. The Morgan fingerprint density at radius 2 is 1.91 bits per heavy atom. The van der Waals surface area contributed by atoms with Crippen molar-refractivity contribution in [3.8, 4) is 5.75 Å². The van der Waals surface area contributed by atoms with Crippen LogP contribution in [0, 0.1) is 0 Å². The monoisotopic (exact) mass is 366 g/mol. The van der Waals surface area contributed by atoms with Crippen molar-refractivity contribution in [2.75, 3.05) is 7.11 Å². The summed E-state index contributed by atoms with van der Waals surface area (Å²) in [6.45, 7) is 0. The van der Waals surface area contributed by atoms with Gasteiger partial charge in [-0.2, -0.15) is 0 Å². The van der Waals surface area contributed by atoms with Crippen molar-refractivity contribution in [3.63, 3.8) is 0 Å². The molecule has 3 rings (SSSR count). The summed E-state index contributed by atoms with van der Waals surface area (Å²) in [5.41, 5.74) is 0. The van der Waals surface area contributed by atoms with Crippen LogP contribution in [0.2, 0.25) is 5.02 Å². The number of nitrogens with one attached hydrogen (secondary N) is 2. The van der Waals surface area contributed by atoms with Gasteiger partial charge in [0.2, 0.25) is 10.0 Å². The number of hydrogen-bond donors (Lipinski definition) is 2. The predicted molar refractivity (Wildman–Crippen MR) is 88.5 cm³/mol. The summed E-state index contributed by atoms with van der Waals surface area (Å²) >= 11 is 6.04. The molecule has 0 aromatic heterocycles. The molecule has 2 unspecified atom stereocenters. The third kappa shape index (κ3) is 3.68. The maximum absolute atomic E-state index is 12.6. The Morgan fingerprint density at radius 3 is 2.50 bits per heavy atom. The molecule has 124 valence electrons. The second-order valence-corrected chi connectivity index (χ2v) is 7.81. The summed E-state index contributed by atoms with van der Waals surface area (Å²) < 4.78 is 33.0. The molecule has 2 N–H and O–H groups in total. The van der Waals surface area contributed by atoms with E-state index in [0.29, 0.717) is 17.8 Å². The second-order valence-electron chi connectivity index (χ2n) is 5.72. The fourth-order valence-corrected chi connectivity index (χ4v) is 5.03. The highest BCUT2D eigenvalue weighted by Crippen LogP contribution is 2.30. The summed E-state index contributed by atoms with van der Waals surface area (Å²) in [5, 5.41) is 3.70. The topological polar surface area (TPSA) is 67.4 Å². The number of benzene rings is 1. The quantitative estimate of drug-likeness (QED) is 0.857. The van der Waals surface area contributed by atoms with E-state index in [9.17, 15) is 8.42 Å².